The predicted octanol–water partition coefficient (Wildman–Crippen LogP) is 3.18. The fourth-order valence-electron chi connectivity index (χ4n) is 1.96. The summed E-state index contributed by atoms with van der Waals surface area (Å²) in [6, 6.07) is 1.79. The van der Waals surface area contributed by atoms with Crippen LogP contribution in [0.15, 0.2) is 12.1 Å². The smallest absolute Gasteiger partial charge is 0.433 e. The van der Waals surface area contributed by atoms with Crippen molar-refractivity contribution in [2.45, 2.75) is 19.3 Å². The molecule has 2 rings (SSSR count). The quantitative estimate of drug-likeness (QED) is 0.827. The van der Waals surface area contributed by atoms with Crippen LogP contribution in [0.4, 0.5) is 26.3 Å². The van der Waals surface area contributed by atoms with E-state index in [2.05, 4.69) is 10.1 Å². The van der Waals surface area contributed by atoms with Gasteiger partial charge in [0.05, 0.1) is 5.56 Å². The van der Waals surface area contributed by atoms with E-state index in [4.69, 9.17) is 10.4 Å². The molecule has 25 heavy (non-hydrogen) atoms. The van der Waals surface area contributed by atoms with Gasteiger partial charge in [0.15, 0.2) is 11.5 Å². The minimum Gasteiger partial charge on any atom is -0.476 e. The number of hydrogen-bond acceptors (Lipinski definition) is 4. The number of rotatable bonds is 2. The van der Waals surface area contributed by atoms with E-state index in [0.29, 0.717) is 4.68 Å². The minimum absolute atomic E-state index is 0.117. The molecule has 2 aromatic heterocycles. The Morgan fingerprint density at radius 3 is 2.20 bits per heavy atom. The number of nitrogens with zero attached hydrogens (tertiary/aromatic N) is 4. The molecule has 0 unspecified atom stereocenters. The largest absolute Gasteiger partial charge is 0.476 e. The molecular weight excluding hydrogens is 358 g/mol. The van der Waals surface area contributed by atoms with Crippen molar-refractivity contribution in [3.05, 3.63) is 40.3 Å². The number of nitriles is 1. The lowest BCUT2D eigenvalue weighted by Crippen LogP contribution is -2.19. The van der Waals surface area contributed by atoms with E-state index in [1.54, 1.807) is 0 Å². The van der Waals surface area contributed by atoms with E-state index in [-0.39, 0.29) is 11.8 Å². The van der Waals surface area contributed by atoms with E-state index in [9.17, 15) is 31.1 Å². The summed E-state index contributed by atoms with van der Waals surface area (Å²) in [5.41, 5.74) is -5.69. The van der Waals surface area contributed by atoms with E-state index in [1.807, 2.05) is 0 Å². The Morgan fingerprint density at radius 1 is 1.20 bits per heavy atom. The normalized spacial score (nSPS) is 12.1. The number of halogens is 6. The second-order valence-electron chi connectivity index (χ2n) is 4.75. The number of pyridine rings is 1. The first-order valence-corrected chi connectivity index (χ1v) is 6.26. The Balaban J connectivity index is 2.89. The summed E-state index contributed by atoms with van der Waals surface area (Å²) in [7, 11) is 0. The van der Waals surface area contributed by atoms with Crippen molar-refractivity contribution in [3.8, 4) is 11.9 Å². The van der Waals surface area contributed by atoms with Crippen LogP contribution in [0.3, 0.4) is 0 Å². The highest BCUT2D eigenvalue weighted by molar-refractivity contribution is 5.85. The molecule has 2 heterocycles. The van der Waals surface area contributed by atoms with Gasteiger partial charge < -0.3 is 5.11 Å². The van der Waals surface area contributed by atoms with Crippen LogP contribution in [0.1, 0.15) is 33.0 Å². The van der Waals surface area contributed by atoms with E-state index >= 15 is 0 Å². The fourth-order valence-corrected chi connectivity index (χ4v) is 1.96. The molecule has 0 atom stereocenters. The fraction of sp³-hybridized carbons (Fsp3) is 0.231. The molecule has 1 N–H and O–H groups in total. The Kier molecular flexibility index (Phi) is 4.20. The molecular formula is C13H6F6N4O2. The number of aromatic carboxylic acids is 1. The maximum absolute atomic E-state index is 13.1. The molecule has 0 aromatic carbocycles. The van der Waals surface area contributed by atoms with Crippen LogP contribution < -0.4 is 0 Å². The Morgan fingerprint density at radius 2 is 1.80 bits per heavy atom. The molecule has 0 aliphatic carbocycles. The van der Waals surface area contributed by atoms with E-state index < -0.39 is 46.7 Å². The van der Waals surface area contributed by atoms with Gasteiger partial charge in [0.25, 0.3) is 0 Å². The summed E-state index contributed by atoms with van der Waals surface area (Å²) in [6.45, 7) is 1.19. The molecule has 12 heteroatoms. The van der Waals surface area contributed by atoms with Gasteiger partial charge >= 0.3 is 18.3 Å². The number of carbonyl (C=O) groups is 1. The summed E-state index contributed by atoms with van der Waals surface area (Å²) in [5.74, 6) is -2.61. The lowest BCUT2D eigenvalue weighted by atomic mass is 10.1. The summed E-state index contributed by atoms with van der Waals surface area (Å²) in [4.78, 5) is 13.9. The topological polar surface area (TPSA) is 91.8 Å². The zero-order chi connectivity index (χ0) is 19.2. The second-order valence-corrected chi connectivity index (χ2v) is 4.75. The van der Waals surface area contributed by atoms with Crippen LogP contribution in [-0.4, -0.2) is 25.8 Å². The van der Waals surface area contributed by atoms with Crippen molar-refractivity contribution in [1.29, 1.82) is 5.26 Å². The molecule has 0 saturated carbocycles. The third-order valence-corrected chi connectivity index (χ3v) is 3.02. The maximum Gasteiger partial charge on any atom is 0.433 e. The lowest BCUT2D eigenvalue weighted by molar-refractivity contribution is -0.145. The van der Waals surface area contributed by atoms with Gasteiger partial charge in [-0.25, -0.2) is 14.5 Å². The van der Waals surface area contributed by atoms with Crippen LogP contribution in [0, 0.1) is 18.3 Å². The van der Waals surface area contributed by atoms with Crippen molar-refractivity contribution < 1.29 is 36.2 Å². The molecule has 0 radical (unpaired) electrons. The highest BCUT2D eigenvalue weighted by Crippen LogP contribution is 2.38. The number of carboxylic acid groups (broad SMARTS) is 1. The van der Waals surface area contributed by atoms with Crippen LogP contribution in [0.25, 0.3) is 5.82 Å². The molecule has 0 aliphatic rings. The predicted molar refractivity (Wildman–Crippen MR) is 67.8 cm³/mol. The Hall–Kier alpha value is -3.10. The maximum atomic E-state index is 13.1. The summed E-state index contributed by atoms with van der Waals surface area (Å²) in [5, 5.41) is 21.2. The van der Waals surface area contributed by atoms with Crippen molar-refractivity contribution in [2.24, 2.45) is 0 Å². The molecule has 0 amide bonds. The van der Waals surface area contributed by atoms with Crippen LogP contribution in [-0.2, 0) is 12.4 Å². The molecule has 0 bridgehead atoms. The van der Waals surface area contributed by atoms with Gasteiger partial charge in [-0.2, -0.15) is 36.7 Å². The second kappa shape index (κ2) is 5.76. The minimum atomic E-state index is -5.26. The van der Waals surface area contributed by atoms with Crippen molar-refractivity contribution in [3.63, 3.8) is 0 Å². The molecule has 2 aromatic rings. The Bertz CT molecular complexity index is 892. The molecule has 132 valence electrons. The van der Waals surface area contributed by atoms with E-state index in [0.717, 1.165) is 12.1 Å². The van der Waals surface area contributed by atoms with Gasteiger partial charge in [0.2, 0.25) is 0 Å². The molecule has 0 aliphatic heterocycles. The average Bonchev–Trinajstić information content (AvgIpc) is 2.86. The van der Waals surface area contributed by atoms with Gasteiger partial charge in [-0.1, -0.05) is 0 Å². The van der Waals surface area contributed by atoms with Crippen molar-refractivity contribution >= 4 is 5.97 Å². The summed E-state index contributed by atoms with van der Waals surface area (Å²) in [6.07, 6.45) is -10.5. The first kappa shape index (κ1) is 18.2. The number of alkyl halides is 6. The van der Waals surface area contributed by atoms with E-state index in [1.165, 1.54) is 6.92 Å². The van der Waals surface area contributed by atoms with Gasteiger partial charge in [0.1, 0.15) is 17.3 Å². The number of carboxylic acids is 1. The first-order chi connectivity index (χ1) is 11.4. The third kappa shape index (κ3) is 3.39. The molecule has 0 fully saturated rings. The summed E-state index contributed by atoms with van der Waals surface area (Å²) < 4.78 is 78.3. The van der Waals surface area contributed by atoms with Gasteiger partial charge in [0, 0.05) is 5.69 Å². The number of aromatic nitrogens is 3. The lowest BCUT2D eigenvalue weighted by Gasteiger charge is -2.16. The zero-order valence-corrected chi connectivity index (χ0v) is 12.1. The highest BCUT2D eigenvalue weighted by Gasteiger charge is 2.41. The van der Waals surface area contributed by atoms with Crippen LogP contribution in [0.2, 0.25) is 0 Å². The van der Waals surface area contributed by atoms with Crippen LogP contribution >= 0.6 is 0 Å². The standard InChI is InChI=1S/C13H6F6N4O2/c1-5-2-8(11(24)25)22-23(5)10-6(4-20)7(12(14,15)16)3-9(21-10)13(17,18)19/h2-3H,1H3,(H,24,25). The molecule has 6 nitrogen and oxygen atoms in total. The summed E-state index contributed by atoms with van der Waals surface area (Å²) >= 11 is 0. The van der Waals surface area contributed by atoms with Gasteiger partial charge in [-0.15, -0.1) is 0 Å². The van der Waals surface area contributed by atoms with Crippen molar-refractivity contribution in [2.75, 3.05) is 0 Å². The van der Waals surface area contributed by atoms with Crippen molar-refractivity contribution in [1.82, 2.24) is 14.8 Å². The Labute approximate surface area is 134 Å². The zero-order valence-electron chi connectivity index (χ0n) is 12.1. The average molecular weight is 364 g/mol. The monoisotopic (exact) mass is 364 g/mol. The third-order valence-electron chi connectivity index (χ3n) is 3.02. The molecule has 0 spiro atoms. The van der Waals surface area contributed by atoms with Gasteiger partial charge in [-0.3, -0.25) is 0 Å². The van der Waals surface area contributed by atoms with Gasteiger partial charge in [-0.05, 0) is 19.1 Å². The SMILES string of the molecule is Cc1cc(C(=O)O)nn1-c1nc(C(F)(F)F)cc(C(F)(F)F)c1C#N. The molecule has 0 saturated heterocycles. The van der Waals surface area contributed by atoms with Crippen LogP contribution in [0.5, 0.6) is 0 Å². The number of hydrogen-bond donors (Lipinski definition) is 1. The first-order valence-electron chi connectivity index (χ1n) is 6.26. The number of aryl methyl sites for hydroxylation is 1. The highest BCUT2D eigenvalue weighted by atomic mass is 19.4.